The molecule has 0 fully saturated rings. The Morgan fingerprint density at radius 2 is 1.62 bits per heavy atom. The lowest BCUT2D eigenvalue weighted by Gasteiger charge is -2.03. The van der Waals surface area contributed by atoms with Gasteiger partial charge in [0.1, 0.15) is 5.82 Å². The van der Waals surface area contributed by atoms with Crippen LogP contribution in [0.5, 0.6) is 0 Å². The van der Waals surface area contributed by atoms with Crippen molar-refractivity contribution >= 4 is 0 Å². The third-order valence-electron chi connectivity index (χ3n) is 1.53. The van der Waals surface area contributed by atoms with Crippen molar-refractivity contribution in [3.05, 3.63) is 35.6 Å². The van der Waals surface area contributed by atoms with Crippen LogP contribution in [0.2, 0.25) is 0 Å². The van der Waals surface area contributed by atoms with Gasteiger partial charge in [-0.3, -0.25) is 0 Å². The molecule has 0 aliphatic heterocycles. The van der Waals surface area contributed by atoms with E-state index in [1.54, 1.807) is 12.1 Å². The van der Waals surface area contributed by atoms with Crippen molar-refractivity contribution in [2.45, 2.75) is 54.4 Å². The summed E-state index contributed by atoms with van der Waals surface area (Å²) in [4.78, 5) is 0. The second kappa shape index (κ2) is 12.2. The highest BCUT2D eigenvalue weighted by atomic mass is 19.1. The van der Waals surface area contributed by atoms with Gasteiger partial charge in [-0.25, -0.2) is 4.39 Å². The van der Waals surface area contributed by atoms with Crippen LogP contribution >= 0.6 is 0 Å². The van der Waals surface area contributed by atoms with Crippen molar-refractivity contribution in [3.8, 4) is 0 Å². The Morgan fingerprint density at radius 3 is 2.00 bits per heavy atom. The lowest BCUT2D eigenvalue weighted by atomic mass is 10.0. The van der Waals surface area contributed by atoms with Crippen LogP contribution in [-0.4, -0.2) is 0 Å². The number of rotatable bonds is 2. The molecule has 0 nitrogen and oxygen atoms in total. The molecular formula is C15H27F. The number of benzene rings is 1. The molecule has 0 saturated carbocycles. The monoisotopic (exact) mass is 226 g/mol. The van der Waals surface area contributed by atoms with Gasteiger partial charge in [-0.15, -0.1) is 0 Å². The summed E-state index contributed by atoms with van der Waals surface area (Å²) in [6.07, 6.45) is 2.21. The second-order valence-corrected chi connectivity index (χ2v) is 3.93. The van der Waals surface area contributed by atoms with Gasteiger partial charge in [-0.2, -0.15) is 0 Å². The molecule has 0 bridgehead atoms. The molecule has 0 spiro atoms. The molecule has 0 heterocycles. The van der Waals surface area contributed by atoms with Crippen LogP contribution in [0.1, 0.15) is 53.5 Å². The minimum Gasteiger partial charge on any atom is -0.207 e. The standard InChI is InChI=1S/C10H13F.C3H8.C2H6/c1-8(2)6-9-4-3-5-10(11)7-9;1-3-2;1-2/h3-5,7-8H,6H2,1-2H3;3H2,1-2H3;1-2H3. The first-order valence-electron chi connectivity index (χ1n) is 6.34. The molecule has 16 heavy (non-hydrogen) atoms. The van der Waals surface area contributed by atoms with Gasteiger partial charge in [-0.1, -0.05) is 60.1 Å². The molecule has 0 aliphatic carbocycles. The van der Waals surface area contributed by atoms with Gasteiger partial charge < -0.3 is 0 Å². The third kappa shape index (κ3) is 11.2. The molecule has 1 rings (SSSR count). The van der Waals surface area contributed by atoms with Crippen LogP contribution in [0.15, 0.2) is 24.3 Å². The predicted octanol–water partition coefficient (Wildman–Crippen LogP) is 5.47. The van der Waals surface area contributed by atoms with Gasteiger partial charge in [-0.05, 0) is 30.0 Å². The minimum absolute atomic E-state index is 0.136. The zero-order chi connectivity index (χ0) is 13.0. The van der Waals surface area contributed by atoms with E-state index in [1.807, 2.05) is 19.9 Å². The molecule has 0 saturated heterocycles. The molecule has 0 unspecified atom stereocenters. The van der Waals surface area contributed by atoms with Crippen molar-refractivity contribution in [3.63, 3.8) is 0 Å². The third-order valence-corrected chi connectivity index (χ3v) is 1.53. The molecule has 1 aromatic carbocycles. The molecule has 0 amide bonds. The van der Waals surface area contributed by atoms with Crippen molar-refractivity contribution in [1.82, 2.24) is 0 Å². The van der Waals surface area contributed by atoms with E-state index in [2.05, 4.69) is 27.7 Å². The summed E-state index contributed by atoms with van der Waals surface area (Å²) in [7, 11) is 0. The van der Waals surface area contributed by atoms with E-state index in [9.17, 15) is 4.39 Å². The fourth-order valence-electron chi connectivity index (χ4n) is 1.14. The SMILES string of the molecule is CC.CC(C)Cc1cccc(F)c1.CCC. The Bertz CT molecular complexity index is 241. The van der Waals surface area contributed by atoms with E-state index >= 15 is 0 Å². The molecule has 1 aromatic rings. The van der Waals surface area contributed by atoms with E-state index in [4.69, 9.17) is 0 Å². The van der Waals surface area contributed by atoms with Gasteiger partial charge >= 0.3 is 0 Å². The van der Waals surface area contributed by atoms with Gasteiger partial charge in [0.05, 0.1) is 0 Å². The second-order valence-electron chi connectivity index (χ2n) is 3.93. The Hall–Kier alpha value is -0.850. The summed E-state index contributed by atoms with van der Waals surface area (Å²) in [5.74, 6) is 0.458. The maximum Gasteiger partial charge on any atom is 0.123 e. The zero-order valence-corrected chi connectivity index (χ0v) is 11.7. The molecule has 94 valence electrons. The van der Waals surface area contributed by atoms with E-state index in [1.165, 1.54) is 12.5 Å². The Kier molecular flexibility index (Phi) is 13.4. The van der Waals surface area contributed by atoms with E-state index in [0.29, 0.717) is 5.92 Å². The topological polar surface area (TPSA) is 0 Å². The van der Waals surface area contributed by atoms with E-state index < -0.39 is 0 Å². The highest BCUT2D eigenvalue weighted by Crippen LogP contribution is 2.08. The first-order chi connectivity index (χ1) is 7.60. The average Bonchev–Trinajstić information content (AvgIpc) is 2.21. The van der Waals surface area contributed by atoms with Crippen molar-refractivity contribution < 1.29 is 4.39 Å². The van der Waals surface area contributed by atoms with Crippen LogP contribution in [0, 0.1) is 11.7 Å². The Labute approximate surface area is 101 Å². The maximum atomic E-state index is 12.6. The molecule has 0 N–H and O–H groups in total. The summed E-state index contributed by atoms with van der Waals surface area (Å²) in [6.45, 7) is 12.5. The van der Waals surface area contributed by atoms with Gasteiger partial charge in [0, 0.05) is 0 Å². The lowest BCUT2D eigenvalue weighted by molar-refractivity contribution is 0.613. The van der Waals surface area contributed by atoms with Crippen molar-refractivity contribution in [2.75, 3.05) is 0 Å². The fraction of sp³-hybridized carbons (Fsp3) is 0.600. The molecule has 0 aromatic heterocycles. The summed E-state index contributed by atoms with van der Waals surface area (Å²) in [6, 6.07) is 6.79. The van der Waals surface area contributed by atoms with Crippen LogP contribution in [0.3, 0.4) is 0 Å². The Morgan fingerprint density at radius 1 is 1.12 bits per heavy atom. The first-order valence-corrected chi connectivity index (χ1v) is 6.34. The molecule has 0 atom stereocenters. The summed E-state index contributed by atoms with van der Waals surface area (Å²) in [5, 5.41) is 0. The van der Waals surface area contributed by atoms with Gasteiger partial charge in [0.15, 0.2) is 0 Å². The van der Waals surface area contributed by atoms with Crippen LogP contribution in [0.4, 0.5) is 4.39 Å². The normalized spacial score (nSPS) is 8.75. The molecule has 1 heteroatoms. The summed E-state index contributed by atoms with van der Waals surface area (Å²) < 4.78 is 12.6. The lowest BCUT2D eigenvalue weighted by Crippen LogP contribution is -1.93. The van der Waals surface area contributed by atoms with Crippen LogP contribution < -0.4 is 0 Å². The summed E-state index contributed by atoms with van der Waals surface area (Å²) >= 11 is 0. The minimum atomic E-state index is -0.136. The maximum absolute atomic E-state index is 12.6. The fourth-order valence-corrected chi connectivity index (χ4v) is 1.14. The van der Waals surface area contributed by atoms with Gasteiger partial charge in [0.25, 0.3) is 0 Å². The predicted molar refractivity (Wildman–Crippen MR) is 72.3 cm³/mol. The first kappa shape index (κ1) is 17.5. The highest BCUT2D eigenvalue weighted by molar-refractivity contribution is 5.16. The van der Waals surface area contributed by atoms with Crippen LogP contribution in [0.25, 0.3) is 0 Å². The number of hydrogen-bond acceptors (Lipinski definition) is 0. The molecule has 0 radical (unpaired) electrons. The highest BCUT2D eigenvalue weighted by Gasteiger charge is 1.97. The van der Waals surface area contributed by atoms with E-state index in [-0.39, 0.29) is 5.82 Å². The molecular weight excluding hydrogens is 199 g/mol. The summed E-state index contributed by atoms with van der Waals surface area (Å²) in [5.41, 5.74) is 1.08. The Balaban J connectivity index is 0. The van der Waals surface area contributed by atoms with Crippen molar-refractivity contribution in [1.29, 1.82) is 0 Å². The average molecular weight is 226 g/mol. The quantitative estimate of drug-likeness (QED) is 0.627. The largest absolute Gasteiger partial charge is 0.207 e. The van der Waals surface area contributed by atoms with Gasteiger partial charge in [0.2, 0.25) is 0 Å². The van der Waals surface area contributed by atoms with Crippen molar-refractivity contribution in [2.24, 2.45) is 5.92 Å². The molecule has 0 aliphatic rings. The zero-order valence-electron chi connectivity index (χ0n) is 11.7. The number of hydrogen-bond donors (Lipinski definition) is 0. The van der Waals surface area contributed by atoms with E-state index in [0.717, 1.165) is 12.0 Å². The van der Waals surface area contributed by atoms with Crippen LogP contribution in [-0.2, 0) is 6.42 Å². The number of halogens is 1. The smallest absolute Gasteiger partial charge is 0.123 e.